The second-order valence-electron chi connectivity index (χ2n) is 4.17. The lowest BCUT2D eigenvalue weighted by atomic mass is 9.78. The van der Waals surface area contributed by atoms with Crippen molar-refractivity contribution in [3.8, 4) is 0 Å². The van der Waals surface area contributed by atoms with Crippen LogP contribution in [0.5, 0.6) is 0 Å². The quantitative estimate of drug-likeness (QED) is 0.863. The molecule has 0 aliphatic carbocycles. The Labute approximate surface area is 101 Å². The third-order valence-electron chi connectivity index (χ3n) is 3.33. The number of hydrogen-bond donors (Lipinski definition) is 1. The van der Waals surface area contributed by atoms with E-state index < -0.39 is 0 Å². The molecule has 1 rings (SSSR count). The fourth-order valence-corrected chi connectivity index (χ4v) is 2.08. The number of benzene rings is 1. The number of halogens is 1. The van der Waals surface area contributed by atoms with Crippen molar-refractivity contribution in [1.82, 2.24) is 0 Å². The summed E-state index contributed by atoms with van der Waals surface area (Å²) in [5.74, 6) is 0. The first-order valence-corrected chi connectivity index (χ1v) is 6.30. The standard InChI is InChI=1S/C13H19BrO/c1-3-13(4-2,10-15)9-11-5-7-12(14)8-6-11/h5-8,15H,3-4,9-10H2,1-2H3. The number of hydrogen-bond acceptors (Lipinski definition) is 1. The summed E-state index contributed by atoms with van der Waals surface area (Å²) in [5.41, 5.74) is 1.37. The largest absolute Gasteiger partial charge is 0.396 e. The van der Waals surface area contributed by atoms with E-state index in [1.54, 1.807) is 0 Å². The zero-order valence-corrected chi connectivity index (χ0v) is 11.0. The van der Waals surface area contributed by atoms with E-state index in [2.05, 4.69) is 54.0 Å². The molecule has 84 valence electrons. The highest BCUT2D eigenvalue weighted by molar-refractivity contribution is 9.10. The van der Waals surface area contributed by atoms with Crippen LogP contribution in [0.25, 0.3) is 0 Å². The predicted molar refractivity (Wildman–Crippen MR) is 67.9 cm³/mol. The van der Waals surface area contributed by atoms with Crippen LogP contribution in [0.2, 0.25) is 0 Å². The zero-order valence-electron chi connectivity index (χ0n) is 9.46. The Kier molecular flexibility index (Phi) is 4.81. The first-order chi connectivity index (χ1) is 7.15. The number of aliphatic hydroxyl groups excluding tert-OH is 1. The third kappa shape index (κ3) is 3.32. The minimum Gasteiger partial charge on any atom is -0.396 e. The molecule has 0 aliphatic heterocycles. The average molecular weight is 271 g/mol. The Morgan fingerprint density at radius 1 is 1.13 bits per heavy atom. The average Bonchev–Trinajstić information content (AvgIpc) is 2.29. The highest BCUT2D eigenvalue weighted by Crippen LogP contribution is 2.30. The van der Waals surface area contributed by atoms with Crippen LogP contribution in [0.1, 0.15) is 32.3 Å². The summed E-state index contributed by atoms with van der Waals surface area (Å²) in [5, 5.41) is 9.48. The van der Waals surface area contributed by atoms with Gasteiger partial charge in [-0.1, -0.05) is 41.9 Å². The zero-order chi connectivity index (χ0) is 11.3. The van der Waals surface area contributed by atoms with Crippen LogP contribution < -0.4 is 0 Å². The summed E-state index contributed by atoms with van der Waals surface area (Å²) in [6.07, 6.45) is 3.01. The van der Waals surface area contributed by atoms with E-state index in [0.717, 1.165) is 23.7 Å². The summed E-state index contributed by atoms with van der Waals surface area (Å²) < 4.78 is 1.11. The van der Waals surface area contributed by atoms with Gasteiger partial charge in [-0.3, -0.25) is 0 Å². The van der Waals surface area contributed by atoms with Gasteiger partial charge in [-0.15, -0.1) is 0 Å². The van der Waals surface area contributed by atoms with E-state index in [0.29, 0.717) is 0 Å². The van der Waals surface area contributed by atoms with Crippen LogP contribution in [0.15, 0.2) is 28.7 Å². The molecule has 0 bridgehead atoms. The Morgan fingerprint density at radius 2 is 1.67 bits per heavy atom. The van der Waals surface area contributed by atoms with E-state index in [1.807, 2.05) is 0 Å². The Hall–Kier alpha value is -0.340. The van der Waals surface area contributed by atoms with Crippen molar-refractivity contribution in [2.75, 3.05) is 6.61 Å². The maximum absolute atomic E-state index is 9.48. The van der Waals surface area contributed by atoms with Gasteiger partial charge in [0.1, 0.15) is 0 Å². The SMILES string of the molecule is CCC(CC)(CO)Cc1ccc(Br)cc1. The van der Waals surface area contributed by atoms with Crippen molar-refractivity contribution in [1.29, 1.82) is 0 Å². The van der Waals surface area contributed by atoms with Crippen LogP contribution in [0, 0.1) is 5.41 Å². The Bertz CT molecular complexity index is 280. The first-order valence-electron chi connectivity index (χ1n) is 5.51. The molecule has 0 saturated heterocycles. The van der Waals surface area contributed by atoms with Crippen molar-refractivity contribution in [2.45, 2.75) is 33.1 Å². The fraction of sp³-hybridized carbons (Fsp3) is 0.538. The van der Waals surface area contributed by atoms with Crippen LogP contribution in [-0.4, -0.2) is 11.7 Å². The van der Waals surface area contributed by atoms with Crippen molar-refractivity contribution >= 4 is 15.9 Å². The molecule has 0 heterocycles. The molecule has 0 saturated carbocycles. The number of aliphatic hydroxyl groups is 1. The van der Waals surface area contributed by atoms with Gasteiger partial charge in [0.05, 0.1) is 0 Å². The van der Waals surface area contributed by atoms with E-state index in [-0.39, 0.29) is 12.0 Å². The molecule has 2 heteroatoms. The lowest BCUT2D eigenvalue weighted by Crippen LogP contribution is -2.26. The van der Waals surface area contributed by atoms with Gasteiger partial charge >= 0.3 is 0 Å². The second kappa shape index (κ2) is 5.66. The molecule has 15 heavy (non-hydrogen) atoms. The van der Waals surface area contributed by atoms with Gasteiger partial charge in [0.25, 0.3) is 0 Å². The minimum atomic E-state index is 0.0633. The Morgan fingerprint density at radius 3 is 2.07 bits per heavy atom. The molecule has 0 amide bonds. The molecule has 1 aromatic carbocycles. The van der Waals surface area contributed by atoms with Gasteiger partial charge in [0.2, 0.25) is 0 Å². The van der Waals surface area contributed by atoms with Crippen LogP contribution in [-0.2, 0) is 6.42 Å². The van der Waals surface area contributed by atoms with Crippen molar-refractivity contribution in [3.63, 3.8) is 0 Å². The molecule has 0 aromatic heterocycles. The summed E-state index contributed by atoms with van der Waals surface area (Å²) in [7, 11) is 0. The maximum atomic E-state index is 9.48. The van der Waals surface area contributed by atoms with Gasteiger partial charge in [-0.05, 0) is 42.4 Å². The molecular weight excluding hydrogens is 252 g/mol. The van der Waals surface area contributed by atoms with E-state index in [1.165, 1.54) is 5.56 Å². The van der Waals surface area contributed by atoms with Gasteiger partial charge < -0.3 is 5.11 Å². The van der Waals surface area contributed by atoms with Crippen LogP contribution >= 0.6 is 15.9 Å². The smallest absolute Gasteiger partial charge is 0.0490 e. The lowest BCUT2D eigenvalue weighted by molar-refractivity contribution is 0.115. The molecule has 0 atom stereocenters. The van der Waals surface area contributed by atoms with Crippen LogP contribution in [0.3, 0.4) is 0 Å². The van der Waals surface area contributed by atoms with Crippen molar-refractivity contribution < 1.29 is 5.11 Å². The van der Waals surface area contributed by atoms with E-state index in [4.69, 9.17) is 0 Å². The number of rotatable bonds is 5. The highest BCUT2D eigenvalue weighted by Gasteiger charge is 2.25. The predicted octanol–water partition coefficient (Wildman–Crippen LogP) is 3.79. The molecule has 0 aliphatic rings. The monoisotopic (exact) mass is 270 g/mol. The lowest BCUT2D eigenvalue weighted by Gasteiger charge is -2.29. The normalized spacial score (nSPS) is 11.7. The molecular formula is C13H19BrO. The van der Waals surface area contributed by atoms with E-state index in [9.17, 15) is 5.11 Å². The maximum Gasteiger partial charge on any atom is 0.0490 e. The molecule has 1 nitrogen and oxygen atoms in total. The van der Waals surface area contributed by atoms with E-state index >= 15 is 0 Å². The third-order valence-corrected chi connectivity index (χ3v) is 3.86. The Balaban J connectivity index is 2.78. The molecule has 0 fully saturated rings. The first kappa shape index (κ1) is 12.7. The molecule has 0 radical (unpaired) electrons. The highest BCUT2D eigenvalue weighted by atomic mass is 79.9. The molecule has 1 aromatic rings. The second-order valence-corrected chi connectivity index (χ2v) is 5.08. The molecule has 1 N–H and O–H groups in total. The molecule has 0 spiro atoms. The topological polar surface area (TPSA) is 20.2 Å². The van der Waals surface area contributed by atoms with Gasteiger partial charge in [-0.2, -0.15) is 0 Å². The fourth-order valence-electron chi connectivity index (χ4n) is 1.81. The van der Waals surface area contributed by atoms with Crippen LogP contribution in [0.4, 0.5) is 0 Å². The van der Waals surface area contributed by atoms with Crippen molar-refractivity contribution in [2.24, 2.45) is 5.41 Å². The summed E-state index contributed by atoms with van der Waals surface area (Å²) in [6, 6.07) is 8.37. The summed E-state index contributed by atoms with van der Waals surface area (Å²) >= 11 is 3.43. The van der Waals surface area contributed by atoms with Crippen molar-refractivity contribution in [3.05, 3.63) is 34.3 Å². The van der Waals surface area contributed by atoms with Gasteiger partial charge in [-0.25, -0.2) is 0 Å². The summed E-state index contributed by atoms with van der Waals surface area (Å²) in [4.78, 5) is 0. The minimum absolute atomic E-state index is 0.0633. The summed E-state index contributed by atoms with van der Waals surface area (Å²) in [6.45, 7) is 4.58. The molecule has 0 unspecified atom stereocenters. The van der Waals surface area contributed by atoms with Gasteiger partial charge in [0, 0.05) is 11.1 Å². The van der Waals surface area contributed by atoms with Gasteiger partial charge in [0.15, 0.2) is 0 Å².